The summed E-state index contributed by atoms with van der Waals surface area (Å²) in [6.07, 6.45) is 3.28. The van der Waals surface area contributed by atoms with Gasteiger partial charge < -0.3 is 19.9 Å². The van der Waals surface area contributed by atoms with E-state index in [0.717, 1.165) is 19.3 Å². The van der Waals surface area contributed by atoms with Crippen LogP contribution < -0.4 is 5.32 Å². The maximum atomic E-state index is 12.6. The van der Waals surface area contributed by atoms with E-state index in [1.807, 2.05) is 11.9 Å². The molecule has 2 saturated heterocycles. The highest BCUT2D eigenvalue weighted by Crippen LogP contribution is 2.20. The van der Waals surface area contributed by atoms with Gasteiger partial charge in [0.05, 0.1) is 13.2 Å². The van der Waals surface area contributed by atoms with Crippen LogP contribution >= 0.6 is 0 Å². The molecular weight excluding hydrogens is 258 g/mol. The number of likely N-dealkylation sites (tertiary alicyclic amines) is 1. The van der Waals surface area contributed by atoms with E-state index in [2.05, 4.69) is 5.32 Å². The number of nitrogens with one attached hydrogen (secondary N) is 1. The van der Waals surface area contributed by atoms with Crippen molar-refractivity contribution in [2.45, 2.75) is 31.7 Å². The van der Waals surface area contributed by atoms with E-state index in [-0.39, 0.29) is 17.9 Å². The number of hydrogen-bond donors (Lipinski definition) is 1. The Balaban J connectivity index is 1.98. The lowest BCUT2D eigenvalue weighted by Gasteiger charge is -2.38. The molecule has 20 heavy (non-hydrogen) atoms. The largest absolute Gasteiger partial charge is 0.378 e. The van der Waals surface area contributed by atoms with Crippen LogP contribution in [-0.4, -0.2) is 74.1 Å². The van der Waals surface area contributed by atoms with Gasteiger partial charge in [0, 0.05) is 32.6 Å². The van der Waals surface area contributed by atoms with Crippen molar-refractivity contribution in [2.75, 3.05) is 46.4 Å². The van der Waals surface area contributed by atoms with Gasteiger partial charge in [-0.05, 0) is 26.3 Å². The molecule has 6 nitrogen and oxygen atoms in total. The average Bonchev–Trinajstić information content (AvgIpc) is 2.52. The van der Waals surface area contributed by atoms with Crippen molar-refractivity contribution < 1.29 is 14.3 Å². The molecular formula is C14H25N3O3. The van der Waals surface area contributed by atoms with Gasteiger partial charge in [0.15, 0.2) is 0 Å². The molecule has 2 heterocycles. The zero-order chi connectivity index (χ0) is 14.4. The third-order valence-electron chi connectivity index (χ3n) is 4.02. The van der Waals surface area contributed by atoms with Gasteiger partial charge in [-0.2, -0.15) is 0 Å². The number of nitrogens with zero attached hydrogens (tertiary/aromatic N) is 2. The summed E-state index contributed by atoms with van der Waals surface area (Å²) < 4.78 is 5.28. The summed E-state index contributed by atoms with van der Waals surface area (Å²) in [5, 5.41) is 2.99. The van der Waals surface area contributed by atoms with E-state index in [1.54, 1.807) is 4.90 Å². The second-order valence-corrected chi connectivity index (χ2v) is 5.39. The van der Waals surface area contributed by atoms with Crippen LogP contribution in [0.15, 0.2) is 0 Å². The number of hydrogen-bond acceptors (Lipinski definition) is 4. The number of rotatable bonds is 4. The van der Waals surface area contributed by atoms with E-state index in [0.29, 0.717) is 45.8 Å². The molecule has 0 aromatic rings. The molecule has 0 aromatic heterocycles. The Hall–Kier alpha value is -1.14. The number of ether oxygens (including phenoxy) is 1. The van der Waals surface area contributed by atoms with Crippen LogP contribution in [0.1, 0.15) is 25.7 Å². The lowest BCUT2D eigenvalue weighted by Crippen LogP contribution is -2.55. The molecule has 1 N–H and O–H groups in total. The summed E-state index contributed by atoms with van der Waals surface area (Å²) in [4.78, 5) is 28.5. The van der Waals surface area contributed by atoms with Crippen LogP contribution in [0.4, 0.5) is 0 Å². The minimum Gasteiger partial charge on any atom is -0.378 e. The Morgan fingerprint density at radius 3 is 2.65 bits per heavy atom. The fourth-order valence-corrected chi connectivity index (χ4v) is 2.86. The van der Waals surface area contributed by atoms with Gasteiger partial charge in [-0.3, -0.25) is 9.59 Å². The minimum absolute atomic E-state index is 0.0886. The summed E-state index contributed by atoms with van der Waals surface area (Å²) in [7, 11) is 1.83. The second kappa shape index (κ2) is 7.59. The number of morpholine rings is 1. The number of piperidine rings is 1. The molecule has 6 heteroatoms. The Kier molecular flexibility index (Phi) is 5.79. The number of carbonyl (C=O) groups is 2. The standard InChI is InChI=1S/C14H25N3O3/c1-15-6-5-13(18)17-7-3-2-4-12(17)14(19)16-8-10-20-11-9-16/h12,15H,2-11H2,1H3. The fourth-order valence-electron chi connectivity index (χ4n) is 2.86. The molecule has 0 spiro atoms. The first-order chi connectivity index (χ1) is 9.74. The lowest BCUT2D eigenvalue weighted by atomic mass is 10.00. The van der Waals surface area contributed by atoms with E-state index in [1.165, 1.54) is 0 Å². The molecule has 0 radical (unpaired) electrons. The van der Waals surface area contributed by atoms with Crippen LogP contribution in [0.25, 0.3) is 0 Å². The molecule has 1 unspecified atom stereocenters. The first-order valence-electron chi connectivity index (χ1n) is 7.54. The summed E-state index contributed by atoms with van der Waals surface area (Å²) >= 11 is 0. The van der Waals surface area contributed by atoms with Crippen molar-refractivity contribution in [3.63, 3.8) is 0 Å². The van der Waals surface area contributed by atoms with Crippen molar-refractivity contribution >= 4 is 11.8 Å². The average molecular weight is 283 g/mol. The topological polar surface area (TPSA) is 61.9 Å². The number of carbonyl (C=O) groups excluding carboxylic acids is 2. The molecule has 2 amide bonds. The van der Waals surface area contributed by atoms with E-state index in [9.17, 15) is 9.59 Å². The molecule has 2 aliphatic rings. The van der Waals surface area contributed by atoms with Gasteiger partial charge in [0.1, 0.15) is 6.04 Å². The summed E-state index contributed by atoms with van der Waals surface area (Å²) in [6, 6.07) is -0.258. The molecule has 0 aromatic carbocycles. The Morgan fingerprint density at radius 1 is 1.20 bits per heavy atom. The summed E-state index contributed by atoms with van der Waals surface area (Å²) in [6.45, 7) is 3.87. The maximum Gasteiger partial charge on any atom is 0.245 e. The molecule has 0 bridgehead atoms. The molecule has 2 aliphatic heterocycles. The zero-order valence-electron chi connectivity index (χ0n) is 12.3. The predicted molar refractivity (Wildman–Crippen MR) is 75.3 cm³/mol. The monoisotopic (exact) mass is 283 g/mol. The Labute approximate surface area is 120 Å². The van der Waals surface area contributed by atoms with E-state index >= 15 is 0 Å². The Morgan fingerprint density at radius 2 is 1.95 bits per heavy atom. The summed E-state index contributed by atoms with van der Waals surface area (Å²) in [5.41, 5.74) is 0. The van der Waals surface area contributed by atoms with E-state index in [4.69, 9.17) is 4.74 Å². The molecule has 2 rings (SSSR count). The molecule has 1 atom stereocenters. The van der Waals surface area contributed by atoms with Gasteiger partial charge in [0.25, 0.3) is 0 Å². The highest BCUT2D eigenvalue weighted by Gasteiger charge is 2.34. The van der Waals surface area contributed by atoms with Crippen molar-refractivity contribution in [2.24, 2.45) is 0 Å². The molecule has 0 aliphatic carbocycles. The fraction of sp³-hybridized carbons (Fsp3) is 0.857. The van der Waals surface area contributed by atoms with Gasteiger partial charge in [-0.1, -0.05) is 0 Å². The third-order valence-corrected chi connectivity index (χ3v) is 4.02. The van der Waals surface area contributed by atoms with Gasteiger partial charge >= 0.3 is 0 Å². The smallest absolute Gasteiger partial charge is 0.245 e. The first kappa shape index (κ1) is 15.3. The van der Waals surface area contributed by atoms with Crippen molar-refractivity contribution in [1.82, 2.24) is 15.1 Å². The molecule has 114 valence electrons. The van der Waals surface area contributed by atoms with Crippen LogP contribution in [0.2, 0.25) is 0 Å². The molecule has 2 fully saturated rings. The quantitative estimate of drug-likeness (QED) is 0.778. The second-order valence-electron chi connectivity index (χ2n) is 5.39. The van der Waals surface area contributed by atoms with Crippen molar-refractivity contribution in [3.05, 3.63) is 0 Å². The van der Waals surface area contributed by atoms with Crippen molar-refractivity contribution in [3.8, 4) is 0 Å². The normalized spacial score (nSPS) is 23.8. The SMILES string of the molecule is CNCCC(=O)N1CCCCC1C(=O)N1CCOCC1. The van der Waals surface area contributed by atoms with E-state index < -0.39 is 0 Å². The zero-order valence-corrected chi connectivity index (χ0v) is 12.3. The van der Waals surface area contributed by atoms with Crippen LogP contribution in [0.5, 0.6) is 0 Å². The summed E-state index contributed by atoms with van der Waals surface area (Å²) in [5.74, 6) is 0.191. The van der Waals surface area contributed by atoms with Crippen LogP contribution in [0.3, 0.4) is 0 Å². The Bertz CT molecular complexity index is 343. The van der Waals surface area contributed by atoms with Crippen LogP contribution in [-0.2, 0) is 14.3 Å². The third kappa shape index (κ3) is 3.70. The predicted octanol–water partition coefficient (Wildman–Crippen LogP) is -0.164. The van der Waals surface area contributed by atoms with Gasteiger partial charge in [-0.25, -0.2) is 0 Å². The lowest BCUT2D eigenvalue weighted by molar-refractivity contribution is -0.150. The highest BCUT2D eigenvalue weighted by atomic mass is 16.5. The highest BCUT2D eigenvalue weighted by molar-refractivity contribution is 5.88. The minimum atomic E-state index is -0.258. The van der Waals surface area contributed by atoms with Crippen molar-refractivity contribution in [1.29, 1.82) is 0 Å². The van der Waals surface area contributed by atoms with Gasteiger partial charge in [-0.15, -0.1) is 0 Å². The van der Waals surface area contributed by atoms with Gasteiger partial charge in [0.2, 0.25) is 11.8 Å². The first-order valence-corrected chi connectivity index (χ1v) is 7.54. The maximum absolute atomic E-state index is 12.6. The number of amides is 2. The van der Waals surface area contributed by atoms with Crippen LogP contribution in [0, 0.1) is 0 Å². The molecule has 0 saturated carbocycles.